The van der Waals surface area contributed by atoms with Crippen molar-refractivity contribution in [3.05, 3.63) is 69.1 Å². The number of carbonyl (C=O) groups excluding carboxylic acids is 1. The van der Waals surface area contributed by atoms with Crippen LogP contribution in [0.4, 0.5) is 0 Å². The highest BCUT2D eigenvalue weighted by atomic mass is 16.5. The number of benzene rings is 1. The summed E-state index contributed by atoms with van der Waals surface area (Å²) < 4.78 is 6.33. The normalized spacial score (nSPS) is 11.6. The van der Waals surface area contributed by atoms with Gasteiger partial charge in [-0.15, -0.1) is 0 Å². The van der Waals surface area contributed by atoms with E-state index in [9.17, 15) is 14.9 Å². The number of hydrogen-bond acceptors (Lipinski definition) is 4. The molecule has 1 heterocycles. The molecule has 130 valence electrons. The molecular formula is C19H21N3O3. The molecule has 1 atom stereocenters. The third kappa shape index (κ3) is 4.34. The molecule has 1 aromatic heterocycles. The van der Waals surface area contributed by atoms with Gasteiger partial charge in [0.25, 0.3) is 5.56 Å². The number of rotatable bonds is 6. The van der Waals surface area contributed by atoms with Crippen LogP contribution in [0.1, 0.15) is 35.3 Å². The molecule has 0 fully saturated rings. The fourth-order valence-electron chi connectivity index (χ4n) is 2.68. The minimum atomic E-state index is -0.475. The van der Waals surface area contributed by atoms with Gasteiger partial charge in [0, 0.05) is 18.4 Å². The predicted molar refractivity (Wildman–Crippen MR) is 93.9 cm³/mol. The molecule has 0 radical (unpaired) electrons. The molecule has 6 nitrogen and oxygen atoms in total. The van der Waals surface area contributed by atoms with Crippen LogP contribution in [-0.4, -0.2) is 17.6 Å². The number of ether oxygens (including phenoxy) is 1. The van der Waals surface area contributed by atoms with Crippen molar-refractivity contribution in [3.63, 3.8) is 0 Å². The van der Waals surface area contributed by atoms with Gasteiger partial charge in [0.05, 0.1) is 12.6 Å². The molecule has 1 aromatic carbocycles. The number of nitrogens with zero attached hydrogens (tertiary/aromatic N) is 2. The Labute approximate surface area is 146 Å². The summed E-state index contributed by atoms with van der Waals surface area (Å²) in [4.78, 5) is 24.8. The quantitative estimate of drug-likeness (QED) is 0.873. The summed E-state index contributed by atoms with van der Waals surface area (Å²) >= 11 is 0. The van der Waals surface area contributed by atoms with Gasteiger partial charge in [0.2, 0.25) is 5.91 Å². The number of aryl methyl sites for hydroxylation is 1. The van der Waals surface area contributed by atoms with Crippen LogP contribution in [-0.2, 0) is 22.7 Å². The van der Waals surface area contributed by atoms with Crippen LogP contribution >= 0.6 is 0 Å². The van der Waals surface area contributed by atoms with Crippen molar-refractivity contribution in [2.75, 3.05) is 7.11 Å². The lowest BCUT2D eigenvalue weighted by Crippen LogP contribution is -2.36. The highest BCUT2D eigenvalue weighted by molar-refractivity contribution is 5.76. The summed E-state index contributed by atoms with van der Waals surface area (Å²) in [5.41, 5.74) is 1.65. The van der Waals surface area contributed by atoms with Crippen LogP contribution in [0.3, 0.4) is 0 Å². The van der Waals surface area contributed by atoms with E-state index in [1.54, 1.807) is 13.0 Å². The van der Waals surface area contributed by atoms with E-state index < -0.39 is 5.56 Å². The van der Waals surface area contributed by atoms with E-state index in [0.717, 1.165) is 5.56 Å². The summed E-state index contributed by atoms with van der Waals surface area (Å²) in [6.07, 6.45) is 0. The van der Waals surface area contributed by atoms with Crippen LogP contribution in [0.2, 0.25) is 0 Å². The Bertz CT molecular complexity index is 851. The average Bonchev–Trinajstić information content (AvgIpc) is 2.60. The number of pyridine rings is 1. The molecule has 0 saturated carbocycles. The van der Waals surface area contributed by atoms with Crippen molar-refractivity contribution in [2.45, 2.75) is 33.0 Å². The maximum Gasteiger partial charge on any atom is 0.269 e. The lowest BCUT2D eigenvalue weighted by atomic mass is 10.1. The smallest absolute Gasteiger partial charge is 0.269 e. The van der Waals surface area contributed by atoms with Crippen molar-refractivity contribution < 1.29 is 9.53 Å². The monoisotopic (exact) mass is 339 g/mol. The van der Waals surface area contributed by atoms with Crippen LogP contribution in [0.5, 0.6) is 0 Å². The van der Waals surface area contributed by atoms with Crippen molar-refractivity contribution in [1.82, 2.24) is 9.88 Å². The van der Waals surface area contributed by atoms with Crippen LogP contribution in [0, 0.1) is 18.3 Å². The van der Waals surface area contributed by atoms with E-state index in [1.807, 2.05) is 43.3 Å². The Morgan fingerprint density at radius 1 is 1.36 bits per heavy atom. The minimum absolute atomic E-state index is 0.0105. The first kappa shape index (κ1) is 18.4. The van der Waals surface area contributed by atoms with Crippen molar-refractivity contribution >= 4 is 5.91 Å². The van der Waals surface area contributed by atoms with Gasteiger partial charge in [-0.1, -0.05) is 30.3 Å². The molecule has 0 spiro atoms. The molecular weight excluding hydrogens is 318 g/mol. The largest absolute Gasteiger partial charge is 0.380 e. The zero-order valence-electron chi connectivity index (χ0n) is 14.6. The molecule has 6 heteroatoms. The predicted octanol–water partition coefficient (Wildman–Crippen LogP) is 2.05. The first-order chi connectivity index (χ1) is 12.0. The second-order valence-corrected chi connectivity index (χ2v) is 5.82. The fourth-order valence-corrected chi connectivity index (χ4v) is 2.68. The molecule has 1 amide bonds. The first-order valence-electron chi connectivity index (χ1n) is 7.94. The van der Waals surface area contributed by atoms with E-state index in [2.05, 4.69) is 5.32 Å². The molecule has 0 saturated heterocycles. The topological polar surface area (TPSA) is 84.1 Å². The van der Waals surface area contributed by atoms with Gasteiger partial charge in [-0.05, 0) is 25.5 Å². The number of carbonyl (C=O) groups is 1. The Morgan fingerprint density at radius 2 is 2.04 bits per heavy atom. The Morgan fingerprint density at radius 3 is 2.64 bits per heavy atom. The zero-order chi connectivity index (χ0) is 18.4. The summed E-state index contributed by atoms with van der Waals surface area (Å²) in [5.74, 6) is -0.287. The number of nitrogens with one attached hydrogen (secondary N) is 1. The summed E-state index contributed by atoms with van der Waals surface area (Å²) in [6, 6.07) is 13.0. The highest BCUT2D eigenvalue weighted by Crippen LogP contribution is 2.12. The minimum Gasteiger partial charge on any atom is -0.380 e. The van der Waals surface area contributed by atoms with Crippen LogP contribution in [0.15, 0.2) is 41.2 Å². The number of aromatic nitrogens is 1. The molecule has 2 aromatic rings. The third-order valence-corrected chi connectivity index (χ3v) is 3.98. The van der Waals surface area contributed by atoms with E-state index in [0.29, 0.717) is 11.3 Å². The van der Waals surface area contributed by atoms with Crippen LogP contribution < -0.4 is 10.9 Å². The second-order valence-electron chi connectivity index (χ2n) is 5.82. The van der Waals surface area contributed by atoms with E-state index in [-0.39, 0.29) is 30.7 Å². The van der Waals surface area contributed by atoms with E-state index in [1.165, 1.54) is 11.7 Å². The molecule has 0 aliphatic carbocycles. The maximum atomic E-state index is 12.5. The summed E-state index contributed by atoms with van der Waals surface area (Å²) in [7, 11) is 1.50. The van der Waals surface area contributed by atoms with Gasteiger partial charge in [0.1, 0.15) is 18.2 Å². The van der Waals surface area contributed by atoms with Crippen molar-refractivity contribution in [2.24, 2.45) is 0 Å². The summed E-state index contributed by atoms with van der Waals surface area (Å²) in [5, 5.41) is 12.1. The Kier molecular flexibility index (Phi) is 6.09. The van der Waals surface area contributed by atoms with E-state index >= 15 is 0 Å². The molecule has 0 aliphatic heterocycles. The lowest BCUT2D eigenvalue weighted by Gasteiger charge is -2.17. The van der Waals surface area contributed by atoms with Crippen LogP contribution in [0.25, 0.3) is 0 Å². The van der Waals surface area contributed by atoms with Gasteiger partial charge in [-0.2, -0.15) is 5.26 Å². The molecule has 0 unspecified atom stereocenters. The SMILES string of the molecule is COCc1cc(C)n(CC(=O)N[C@H](C)c2ccccc2)c(=O)c1C#N. The van der Waals surface area contributed by atoms with Gasteiger partial charge in [0.15, 0.2) is 0 Å². The molecule has 0 aliphatic rings. The standard InChI is InChI=1S/C19H21N3O3/c1-13-9-16(12-25-3)17(10-20)19(24)22(13)11-18(23)21-14(2)15-7-5-4-6-8-15/h4-9,14H,11-12H2,1-3H3,(H,21,23)/t14-/m1/s1. The molecule has 0 bridgehead atoms. The van der Waals surface area contributed by atoms with Gasteiger partial charge >= 0.3 is 0 Å². The fraction of sp³-hybridized carbons (Fsp3) is 0.316. The number of hydrogen-bond donors (Lipinski definition) is 1. The second kappa shape index (κ2) is 8.27. The van der Waals surface area contributed by atoms with Gasteiger partial charge in [-0.25, -0.2) is 0 Å². The molecule has 2 rings (SSSR count). The Hall–Kier alpha value is -2.91. The van der Waals surface area contributed by atoms with E-state index in [4.69, 9.17) is 4.74 Å². The maximum absolute atomic E-state index is 12.5. The lowest BCUT2D eigenvalue weighted by molar-refractivity contribution is -0.122. The Balaban J connectivity index is 2.21. The van der Waals surface area contributed by atoms with Gasteiger partial charge in [-0.3, -0.25) is 9.59 Å². The van der Waals surface area contributed by atoms with Crippen molar-refractivity contribution in [1.29, 1.82) is 5.26 Å². The molecule has 1 N–H and O–H groups in total. The summed E-state index contributed by atoms with van der Waals surface area (Å²) in [6.45, 7) is 3.65. The first-order valence-corrected chi connectivity index (χ1v) is 7.94. The van der Waals surface area contributed by atoms with Gasteiger partial charge < -0.3 is 14.6 Å². The zero-order valence-corrected chi connectivity index (χ0v) is 14.6. The number of amides is 1. The average molecular weight is 339 g/mol. The third-order valence-electron chi connectivity index (χ3n) is 3.98. The highest BCUT2D eigenvalue weighted by Gasteiger charge is 2.16. The van der Waals surface area contributed by atoms with Crippen molar-refractivity contribution in [3.8, 4) is 6.07 Å². The molecule has 25 heavy (non-hydrogen) atoms. The number of nitriles is 1. The number of methoxy groups -OCH3 is 1.